The number of hydroxylamine groups is 2. The Morgan fingerprint density at radius 3 is 2.48 bits per heavy atom. The molecule has 0 saturated heterocycles. The zero-order valence-electron chi connectivity index (χ0n) is 19.0. The van der Waals surface area contributed by atoms with Crippen molar-refractivity contribution in [3.63, 3.8) is 0 Å². The van der Waals surface area contributed by atoms with E-state index in [1.807, 2.05) is 26.0 Å². The van der Waals surface area contributed by atoms with E-state index in [4.69, 9.17) is 24.5 Å². The predicted octanol–water partition coefficient (Wildman–Crippen LogP) is 4.22. The van der Waals surface area contributed by atoms with Gasteiger partial charge in [-0.3, -0.25) is 10.2 Å². The third kappa shape index (κ3) is 4.74. The number of fused-ring (bicyclic) bond motifs is 1. The smallest absolute Gasteiger partial charge is 0.282 e. The molecule has 0 radical (unpaired) electrons. The highest BCUT2D eigenvalue weighted by Crippen LogP contribution is 2.30. The average molecular weight is 447 g/mol. The van der Waals surface area contributed by atoms with Gasteiger partial charge in [0.15, 0.2) is 23.2 Å². The molecular weight excluding hydrogens is 422 g/mol. The van der Waals surface area contributed by atoms with Crippen LogP contribution in [-0.4, -0.2) is 43.0 Å². The van der Waals surface area contributed by atoms with Gasteiger partial charge in [0.05, 0.1) is 12.7 Å². The van der Waals surface area contributed by atoms with Crippen molar-refractivity contribution in [3.8, 4) is 17.2 Å². The molecule has 0 aromatic heterocycles. The number of nitrogens with one attached hydrogen (secondary N) is 1. The zero-order valence-corrected chi connectivity index (χ0v) is 19.0. The van der Waals surface area contributed by atoms with Gasteiger partial charge in [0, 0.05) is 6.08 Å². The van der Waals surface area contributed by atoms with Crippen molar-refractivity contribution in [1.82, 2.24) is 5.06 Å². The maximum atomic E-state index is 12.4. The van der Waals surface area contributed by atoms with E-state index in [2.05, 4.69) is 11.1 Å². The predicted molar refractivity (Wildman–Crippen MR) is 125 cm³/mol. The number of rotatable bonds is 7. The number of aryl methyl sites for hydroxylation is 2. The van der Waals surface area contributed by atoms with Crippen LogP contribution in [0.2, 0.25) is 0 Å². The lowest BCUT2D eigenvalue weighted by molar-refractivity contribution is -0.114. The van der Waals surface area contributed by atoms with E-state index in [0.717, 1.165) is 11.3 Å². The van der Waals surface area contributed by atoms with Crippen molar-refractivity contribution < 1.29 is 23.8 Å². The number of amides is 1. The number of carbonyl (C=O) groups is 1. The zero-order chi connectivity index (χ0) is 23.5. The fourth-order valence-corrected chi connectivity index (χ4v) is 3.52. The number of carbonyl (C=O) groups excluding carboxylic acids is 1. The van der Waals surface area contributed by atoms with Crippen LogP contribution in [0.4, 0.5) is 0 Å². The summed E-state index contributed by atoms with van der Waals surface area (Å²) in [6.07, 6.45) is 3.19. The molecule has 2 heterocycles. The molecule has 0 bridgehead atoms. The third-order valence-corrected chi connectivity index (χ3v) is 5.11. The summed E-state index contributed by atoms with van der Waals surface area (Å²) in [4.78, 5) is 21.9. The monoisotopic (exact) mass is 447 g/mol. The first-order valence-corrected chi connectivity index (χ1v) is 10.5. The molecule has 0 spiro atoms. The van der Waals surface area contributed by atoms with Gasteiger partial charge in [-0.15, -0.1) is 5.06 Å². The first kappa shape index (κ1) is 22.1. The Morgan fingerprint density at radius 1 is 1.03 bits per heavy atom. The Kier molecular flexibility index (Phi) is 6.17. The second-order valence-corrected chi connectivity index (χ2v) is 7.70. The second-order valence-electron chi connectivity index (χ2n) is 7.70. The third-order valence-electron chi connectivity index (χ3n) is 5.11. The van der Waals surface area contributed by atoms with E-state index >= 15 is 0 Å². The van der Waals surface area contributed by atoms with E-state index in [0.29, 0.717) is 41.9 Å². The lowest BCUT2D eigenvalue weighted by Gasteiger charge is -2.23. The standard InChI is InChI=1S/C25H25N3O5/c1-15-5-7-20(16(2)11-15)31-9-10-32-21-8-6-18(14-22(21)30-4)13-19-24(26)28-23(27-25(19)29)12-17(3)33-28/h5-8,11-14,26H,9-10H2,1-4H3/b19-13+,26-24?. The number of hydrogen-bond acceptors (Lipinski definition) is 6. The van der Waals surface area contributed by atoms with Crippen molar-refractivity contribution in [1.29, 1.82) is 5.41 Å². The van der Waals surface area contributed by atoms with Crippen molar-refractivity contribution in [2.24, 2.45) is 4.99 Å². The van der Waals surface area contributed by atoms with Crippen molar-refractivity contribution in [2.75, 3.05) is 20.3 Å². The summed E-state index contributed by atoms with van der Waals surface area (Å²) in [5.74, 6) is 2.20. The van der Waals surface area contributed by atoms with Gasteiger partial charge in [-0.1, -0.05) is 23.8 Å². The van der Waals surface area contributed by atoms with Gasteiger partial charge < -0.3 is 19.0 Å². The van der Waals surface area contributed by atoms with Gasteiger partial charge in [0.2, 0.25) is 0 Å². The number of nitrogens with zero attached hydrogens (tertiary/aromatic N) is 2. The first-order chi connectivity index (χ1) is 15.9. The molecule has 2 aliphatic heterocycles. The number of benzene rings is 2. The topological polar surface area (TPSA) is 93.4 Å². The van der Waals surface area contributed by atoms with Gasteiger partial charge in [-0.05, 0) is 56.2 Å². The summed E-state index contributed by atoms with van der Waals surface area (Å²) < 4.78 is 17.1. The SMILES string of the molecule is COc1cc(/C=C2\C(=N)N3OC(C)=CC3=NC2=O)ccc1OCCOc1ccc(C)cc1C. The van der Waals surface area contributed by atoms with E-state index in [9.17, 15) is 4.79 Å². The molecule has 2 aromatic rings. The molecule has 0 saturated carbocycles. The van der Waals surface area contributed by atoms with Crippen LogP contribution in [0.5, 0.6) is 17.2 Å². The Hall–Kier alpha value is -4.07. The second kappa shape index (κ2) is 9.20. The minimum Gasteiger partial charge on any atom is -0.493 e. The lowest BCUT2D eigenvalue weighted by atomic mass is 10.1. The van der Waals surface area contributed by atoms with Crippen LogP contribution in [0.3, 0.4) is 0 Å². The molecule has 0 unspecified atom stereocenters. The number of ether oxygens (including phenoxy) is 3. The van der Waals surface area contributed by atoms with Crippen molar-refractivity contribution in [2.45, 2.75) is 20.8 Å². The number of aliphatic imine (C=N–C) groups is 1. The fourth-order valence-electron chi connectivity index (χ4n) is 3.52. The largest absolute Gasteiger partial charge is 0.493 e. The minimum atomic E-state index is -0.497. The van der Waals surface area contributed by atoms with Gasteiger partial charge in [-0.2, -0.15) is 4.99 Å². The molecule has 8 heteroatoms. The number of hydrogen-bond donors (Lipinski definition) is 1. The summed E-state index contributed by atoms with van der Waals surface area (Å²) in [7, 11) is 1.54. The Balaban J connectivity index is 1.43. The van der Waals surface area contributed by atoms with Crippen LogP contribution in [-0.2, 0) is 9.63 Å². The maximum absolute atomic E-state index is 12.4. The first-order valence-electron chi connectivity index (χ1n) is 10.5. The molecule has 0 fully saturated rings. The highest BCUT2D eigenvalue weighted by atomic mass is 16.7. The van der Waals surface area contributed by atoms with Crippen LogP contribution < -0.4 is 14.2 Å². The Labute approximate surface area is 192 Å². The molecule has 170 valence electrons. The molecule has 2 aliphatic rings. The molecule has 2 aromatic carbocycles. The van der Waals surface area contributed by atoms with E-state index in [1.165, 1.54) is 10.6 Å². The van der Waals surface area contributed by atoms with E-state index in [-0.39, 0.29) is 11.4 Å². The fraction of sp³-hybridized carbons (Fsp3) is 0.240. The van der Waals surface area contributed by atoms with Crippen LogP contribution in [0.1, 0.15) is 23.6 Å². The molecule has 33 heavy (non-hydrogen) atoms. The van der Waals surface area contributed by atoms with Crippen molar-refractivity contribution in [3.05, 3.63) is 70.5 Å². The molecule has 1 N–H and O–H groups in total. The van der Waals surface area contributed by atoms with Crippen LogP contribution in [0, 0.1) is 19.3 Å². The summed E-state index contributed by atoms with van der Waals surface area (Å²) in [5, 5.41) is 9.55. The Bertz CT molecular complexity index is 1210. The molecule has 0 aliphatic carbocycles. The molecule has 4 rings (SSSR count). The van der Waals surface area contributed by atoms with Crippen molar-refractivity contribution >= 4 is 23.7 Å². The van der Waals surface area contributed by atoms with Crippen LogP contribution in [0.25, 0.3) is 6.08 Å². The number of methoxy groups -OCH3 is 1. The summed E-state index contributed by atoms with van der Waals surface area (Å²) in [5.41, 5.74) is 3.06. The normalized spacial score (nSPS) is 16.2. The number of amidine groups is 2. The van der Waals surface area contributed by atoms with Gasteiger partial charge in [0.25, 0.3) is 5.91 Å². The summed E-state index contributed by atoms with van der Waals surface area (Å²) in [6, 6.07) is 11.3. The van der Waals surface area contributed by atoms with Gasteiger partial charge >= 0.3 is 0 Å². The molecule has 0 atom stereocenters. The highest BCUT2D eigenvalue weighted by Gasteiger charge is 2.34. The van der Waals surface area contributed by atoms with Gasteiger partial charge in [0.1, 0.15) is 24.7 Å². The minimum absolute atomic E-state index is 0.0686. The lowest BCUT2D eigenvalue weighted by Crippen LogP contribution is -2.38. The van der Waals surface area contributed by atoms with Gasteiger partial charge in [-0.25, -0.2) is 0 Å². The molecular formula is C25H25N3O5. The molecule has 8 nitrogen and oxygen atoms in total. The average Bonchev–Trinajstić information content (AvgIpc) is 3.16. The quantitative estimate of drug-likeness (QED) is 0.505. The maximum Gasteiger partial charge on any atom is 0.282 e. The Morgan fingerprint density at radius 2 is 1.76 bits per heavy atom. The summed E-state index contributed by atoms with van der Waals surface area (Å²) in [6.45, 7) is 6.51. The van der Waals surface area contributed by atoms with Crippen LogP contribution in [0.15, 0.2) is 58.8 Å². The van der Waals surface area contributed by atoms with E-state index in [1.54, 1.807) is 44.4 Å². The molecule has 1 amide bonds. The van der Waals surface area contributed by atoms with E-state index < -0.39 is 5.91 Å². The summed E-state index contributed by atoms with van der Waals surface area (Å²) >= 11 is 0. The highest BCUT2D eigenvalue weighted by molar-refractivity contribution is 6.32. The number of allylic oxidation sites excluding steroid dienone is 1. The van der Waals surface area contributed by atoms with Crippen LogP contribution >= 0.6 is 0 Å².